The molecule has 6 heteroatoms. The van der Waals surface area contributed by atoms with Crippen LogP contribution in [0, 0.1) is 6.92 Å². The van der Waals surface area contributed by atoms with Gasteiger partial charge in [0.05, 0.1) is 24.5 Å². The third kappa shape index (κ3) is 3.33. The van der Waals surface area contributed by atoms with Crippen molar-refractivity contribution in [1.82, 2.24) is 4.72 Å². The maximum atomic E-state index is 11.4. The van der Waals surface area contributed by atoms with Crippen LogP contribution in [0.1, 0.15) is 23.5 Å². The monoisotopic (exact) mass is 285 g/mol. The number of aryl methyl sites for hydroxylation is 1. The summed E-state index contributed by atoms with van der Waals surface area (Å²) in [6.07, 6.45) is -0.597. The van der Waals surface area contributed by atoms with E-state index in [2.05, 4.69) is 4.72 Å². The van der Waals surface area contributed by atoms with Crippen molar-refractivity contribution in [3.05, 3.63) is 35.4 Å². The minimum atomic E-state index is -3.43. The van der Waals surface area contributed by atoms with Crippen molar-refractivity contribution in [3.63, 3.8) is 0 Å². The summed E-state index contributed by atoms with van der Waals surface area (Å²) in [4.78, 5) is 0. The van der Waals surface area contributed by atoms with Gasteiger partial charge < -0.3 is 10.2 Å². The summed E-state index contributed by atoms with van der Waals surface area (Å²) in [6, 6.07) is 6.99. The molecule has 5 nitrogen and oxygen atoms in total. The maximum absolute atomic E-state index is 11.4. The summed E-state index contributed by atoms with van der Waals surface area (Å²) in [6.45, 7) is 1.97. The Hall–Kier alpha value is -0.950. The average Bonchev–Trinajstić information content (AvgIpc) is 2.57. The molecular formula is C13H19NO4S. The third-order valence-electron chi connectivity index (χ3n) is 3.55. The van der Waals surface area contributed by atoms with Gasteiger partial charge in [-0.05, 0) is 18.9 Å². The second kappa shape index (κ2) is 5.20. The van der Waals surface area contributed by atoms with Crippen LogP contribution in [-0.4, -0.2) is 43.1 Å². The van der Waals surface area contributed by atoms with Gasteiger partial charge in [0.1, 0.15) is 0 Å². The van der Waals surface area contributed by atoms with Crippen LogP contribution in [0.5, 0.6) is 0 Å². The summed E-state index contributed by atoms with van der Waals surface area (Å²) in [5.41, 5.74) is 2.03. The highest BCUT2D eigenvalue weighted by Crippen LogP contribution is 2.35. The Morgan fingerprint density at radius 1 is 1.21 bits per heavy atom. The van der Waals surface area contributed by atoms with Gasteiger partial charge >= 0.3 is 0 Å². The van der Waals surface area contributed by atoms with Crippen LogP contribution in [0.25, 0.3) is 0 Å². The minimum absolute atomic E-state index is 0.222. The highest BCUT2D eigenvalue weighted by atomic mass is 32.2. The van der Waals surface area contributed by atoms with Gasteiger partial charge in [-0.2, -0.15) is 0 Å². The van der Waals surface area contributed by atoms with E-state index >= 15 is 0 Å². The SMILES string of the molecule is Cc1ccc(C2CC(O)C(O)C2NS(C)(=O)=O)cc1. The Morgan fingerprint density at radius 2 is 1.79 bits per heavy atom. The van der Waals surface area contributed by atoms with Gasteiger partial charge in [-0.1, -0.05) is 29.8 Å². The number of sulfonamides is 1. The molecule has 0 heterocycles. The van der Waals surface area contributed by atoms with Gasteiger partial charge in [0.15, 0.2) is 0 Å². The number of rotatable bonds is 3. The lowest BCUT2D eigenvalue weighted by Crippen LogP contribution is -2.44. The smallest absolute Gasteiger partial charge is 0.209 e. The molecule has 1 aliphatic carbocycles. The molecule has 0 amide bonds. The Labute approximate surface area is 113 Å². The van der Waals surface area contributed by atoms with E-state index in [1.807, 2.05) is 31.2 Å². The highest BCUT2D eigenvalue weighted by molar-refractivity contribution is 7.88. The highest BCUT2D eigenvalue weighted by Gasteiger charge is 2.43. The van der Waals surface area contributed by atoms with Gasteiger partial charge in [-0.3, -0.25) is 0 Å². The molecule has 3 N–H and O–H groups in total. The van der Waals surface area contributed by atoms with Crippen LogP contribution in [-0.2, 0) is 10.0 Å². The summed E-state index contributed by atoms with van der Waals surface area (Å²) >= 11 is 0. The molecule has 106 valence electrons. The Balaban J connectivity index is 2.29. The van der Waals surface area contributed by atoms with Gasteiger partial charge in [-0.15, -0.1) is 0 Å². The third-order valence-corrected chi connectivity index (χ3v) is 4.25. The molecule has 1 fully saturated rings. The van der Waals surface area contributed by atoms with Crippen LogP contribution in [0.15, 0.2) is 24.3 Å². The van der Waals surface area contributed by atoms with E-state index in [1.54, 1.807) is 0 Å². The lowest BCUT2D eigenvalue weighted by atomic mass is 9.93. The second-order valence-electron chi connectivity index (χ2n) is 5.23. The van der Waals surface area contributed by atoms with E-state index in [-0.39, 0.29) is 5.92 Å². The Kier molecular flexibility index (Phi) is 3.96. The topological polar surface area (TPSA) is 86.6 Å². The van der Waals surface area contributed by atoms with Crippen LogP contribution < -0.4 is 4.72 Å². The second-order valence-corrected chi connectivity index (χ2v) is 7.01. The zero-order valence-electron chi connectivity index (χ0n) is 10.9. The van der Waals surface area contributed by atoms with Gasteiger partial charge in [-0.25, -0.2) is 13.1 Å². The van der Waals surface area contributed by atoms with Gasteiger partial charge in [0, 0.05) is 5.92 Å². The summed E-state index contributed by atoms with van der Waals surface area (Å²) in [7, 11) is -3.43. The predicted molar refractivity (Wildman–Crippen MR) is 72.3 cm³/mol. The van der Waals surface area contributed by atoms with E-state index in [4.69, 9.17) is 0 Å². The molecule has 1 saturated carbocycles. The first-order valence-electron chi connectivity index (χ1n) is 6.18. The average molecular weight is 285 g/mol. The summed E-state index contributed by atoms with van der Waals surface area (Å²) in [5.74, 6) is -0.222. The van der Waals surface area contributed by atoms with E-state index in [1.165, 1.54) is 0 Å². The molecule has 0 radical (unpaired) electrons. The molecule has 0 spiro atoms. The van der Waals surface area contributed by atoms with Crippen molar-refractivity contribution in [2.75, 3.05) is 6.26 Å². The summed E-state index contributed by atoms with van der Waals surface area (Å²) in [5, 5.41) is 19.7. The van der Waals surface area contributed by atoms with Gasteiger partial charge in [0.25, 0.3) is 0 Å². The first-order chi connectivity index (χ1) is 8.78. The van der Waals surface area contributed by atoms with E-state index in [0.717, 1.165) is 17.4 Å². The molecule has 1 aromatic rings. The zero-order chi connectivity index (χ0) is 14.2. The molecule has 0 aromatic heterocycles. The van der Waals surface area contributed by atoms with Crippen molar-refractivity contribution >= 4 is 10.0 Å². The van der Waals surface area contributed by atoms with Crippen LogP contribution in [0.4, 0.5) is 0 Å². The molecule has 1 aliphatic rings. The van der Waals surface area contributed by atoms with Crippen molar-refractivity contribution in [3.8, 4) is 0 Å². The molecular weight excluding hydrogens is 266 g/mol. The fourth-order valence-electron chi connectivity index (χ4n) is 2.58. The first-order valence-corrected chi connectivity index (χ1v) is 8.07. The normalized spacial score (nSPS) is 31.6. The van der Waals surface area contributed by atoms with Crippen LogP contribution in [0.2, 0.25) is 0 Å². The fraction of sp³-hybridized carbons (Fsp3) is 0.538. The lowest BCUT2D eigenvalue weighted by molar-refractivity contribution is 0.0338. The van der Waals surface area contributed by atoms with Crippen molar-refractivity contribution in [1.29, 1.82) is 0 Å². The molecule has 0 saturated heterocycles. The molecule has 4 atom stereocenters. The molecule has 0 aliphatic heterocycles. The molecule has 1 aromatic carbocycles. The molecule has 2 rings (SSSR count). The van der Waals surface area contributed by atoms with E-state index < -0.39 is 28.3 Å². The number of hydrogen-bond acceptors (Lipinski definition) is 4. The largest absolute Gasteiger partial charge is 0.390 e. The van der Waals surface area contributed by atoms with Crippen molar-refractivity contribution in [2.45, 2.75) is 37.5 Å². The van der Waals surface area contributed by atoms with E-state index in [9.17, 15) is 18.6 Å². The molecule has 0 bridgehead atoms. The number of nitrogens with one attached hydrogen (secondary N) is 1. The van der Waals surface area contributed by atoms with E-state index in [0.29, 0.717) is 6.42 Å². The first kappa shape index (κ1) is 14.5. The molecule has 4 unspecified atom stereocenters. The van der Waals surface area contributed by atoms with Gasteiger partial charge in [0.2, 0.25) is 10.0 Å². The minimum Gasteiger partial charge on any atom is -0.390 e. The number of aliphatic hydroxyl groups excluding tert-OH is 2. The quantitative estimate of drug-likeness (QED) is 0.736. The number of hydrogen-bond donors (Lipinski definition) is 3. The Morgan fingerprint density at radius 3 is 2.32 bits per heavy atom. The van der Waals surface area contributed by atoms with Crippen LogP contribution in [0.3, 0.4) is 0 Å². The predicted octanol–water partition coefficient (Wildman–Crippen LogP) is 0.122. The molecule has 19 heavy (non-hydrogen) atoms. The van der Waals surface area contributed by atoms with Crippen molar-refractivity contribution < 1.29 is 18.6 Å². The Bertz CT molecular complexity index is 540. The standard InChI is InChI=1S/C13H19NO4S/c1-8-3-5-9(6-4-8)10-7-11(15)13(16)12(10)14-19(2,17)18/h3-6,10-16H,7H2,1-2H3. The summed E-state index contributed by atoms with van der Waals surface area (Å²) < 4.78 is 25.2. The maximum Gasteiger partial charge on any atom is 0.209 e. The number of aliphatic hydroxyl groups is 2. The van der Waals surface area contributed by atoms with Crippen LogP contribution >= 0.6 is 0 Å². The van der Waals surface area contributed by atoms with Crippen molar-refractivity contribution in [2.24, 2.45) is 0 Å². The zero-order valence-corrected chi connectivity index (χ0v) is 11.8. The fourth-order valence-corrected chi connectivity index (χ4v) is 3.38. The number of benzene rings is 1. The lowest BCUT2D eigenvalue weighted by Gasteiger charge is -2.22.